The van der Waals surface area contributed by atoms with Crippen LogP contribution in [-0.4, -0.2) is 13.2 Å². The van der Waals surface area contributed by atoms with E-state index in [1.807, 2.05) is 7.11 Å². The predicted octanol–water partition coefficient (Wildman–Crippen LogP) is 2.21. The highest BCUT2D eigenvalue weighted by Crippen LogP contribution is 2.61. The minimum Gasteiger partial charge on any atom is -0.381 e. The molecule has 2 aliphatic rings. The van der Waals surface area contributed by atoms with Gasteiger partial charge in [0.2, 0.25) is 0 Å². The molecule has 0 radical (unpaired) electrons. The van der Waals surface area contributed by atoms with Crippen LogP contribution in [0.25, 0.3) is 0 Å². The molecule has 0 N–H and O–H groups in total. The van der Waals surface area contributed by atoms with Gasteiger partial charge in [0, 0.05) is 7.11 Å². The molecule has 0 aromatic carbocycles. The van der Waals surface area contributed by atoms with Gasteiger partial charge in [-0.2, -0.15) is 0 Å². The van der Waals surface area contributed by atoms with Crippen molar-refractivity contribution in [2.45, 2.75) is 38.7 Å². The van der Waals surface area contributed by atoms with E-state index in [-0.39, 0.29) is 0 Å². The highest BCUT2D eigenvalue weighted by atomic mass is 16.5. The third kappa shape index (κ3) is 0.800. The van der Waals surface area contributed by atoms with Crippen LogP contribution in [0.4, 0.5) is 0 Å². The predicted molar refractivity (Wildman–Crippen MR) is 40.9 cm³/mol. The lowest BCUT2D eigenvalue weighted by atomic mass is 9.88. The van der Waals surface area contributed by atoms with Crippen molar-refractivity contribution in [1.29, 1.82) is 0 Å². The molecule has 0 unspecified atom stereocenters. The molecule has 0 aromatic heterocycles. The third-order valence-corrected chi connectivity index (χ3v) is 3.41. The number of hydrogen-bond donors (Lipinski definition) is 0. The van der Waals surface area contributed by atoms with Crippen molar-refractivity contribution in [2.75, 3.05) is 7.11 Å². The number of ether oxygens (including phenoxy) is 1. The van der Waals surface area contributed by atoms with Crippen LogP contribution in [0, 0.1) is 11.3 Å². The van der Waals surface area contributed by atoms with E-state index in [1.165, 1.54) is 25.7 Å². The molecule has 1 nitrogen and oxygen atoms in total. The molecular formula is C9H16O. The minimum absolute atomic E-state index is 0.596. The third-order valence-electron chi connectivity index (χ3n) is 3.41. The lowest BCUT2D eigenvalue weighted by Crippen LogP contribution is -2.21. The van der Waals surface area contributed by atoms with Crippen LogP contribution in [0.3, 0.4) is 0 Å². The van der Waals surface area contributed by atoms with Crippen LogP contribution in [0.5, 0.6) is 0 Å². The Hall–Kier alpha value is -0.0400. The van der Waals surface area contributed by atoms with Crippen molar-refractivity contribution >= 4 is 0 Å². The van der Waals surface area contributed by atoms with E-state index in [2.05, 4.69) is 6.92 Å². The quantitative estimate of drug-likeness (QED) is 0.542. The van der Waals surface area contributed by atoms with Crippen molar-refractivity contribution in [3.8, 4) is 0 Å². The first-order valence-corrected chi connectivity index (χ1v) is 4.29. The minimum atomic E-state index is 0.596. The largest absolute Gasteiger partial charge is 0.381 e. The summed E-state index contributed by atoms with van der Waals surface area (Å²) in [6, 6.07) is 0. The molecule has 0 heterocycles. The Morgan fingerprint density at radius 2 is 2.30 bits per heavy atom. The Kier molecular flexibility index (Phi) is 1.31. The second-order valence-electron chi connectivity index (χ2n) is 4.13. The standard InChI is InChI=1S/C9H16O/c1-9-5-3-4-8(10-2)7(9)6-9/h7-8H,3-6H2,1-2H3/t7-,8+,9-/m0/s1. The number of rotatable bonds is 1. The van der Waals surface area contributed by atoms with E-state index in [0.29, 0.717) is 11.5 Å². The average molecular weight is 140 g/mol. The van der Waals surface area contributed by atoms with Crippen molar-refractivity contribution in [2.24, 2.45) is 11.3 Å². The SMILES string of the molecule is CO[C@@H]1CCC[C@@]2(C)C[C@@H]12. The highest BCUT2D eigenvalue weighted by Gasteiger charge is 2.55. The summed E-state index contributed by atoms with van der Waals surface area (Å²) in [5, 5.41) is 0. The average Bonchev–Trinajstić information content (AvgIpc) is 2.59. The smallest absolute Gasteiger partial charge is 0.0604 e. The molecule has 2 rings (SSSR count). The molecule has 0 amide bonds. The fourth-order valence-corrected chi connectivity index (χ4v) is 2.50. The van der Waals surface area contributed by atoms with Crippen LogP contribution >= 0.6 is 0 Å². The van der Waals surface area contributed by atoms with E-state index < -0.39 is 0 Å². The summed E-state index contributed by atoms with van der Waals surface area (Å²) < 4.78 is 5.41. The van der Waals surface area contributed by atoms with Crippen LogP contribution in [0.15, 0.2) is 0 Å². The topological polar surface area (TPSA) is 9.23 Å². The van der Waals surface area contributed by atoms with Crippen molar-refractivity contribution in [1.82, 2.24) is 0 Å². The number of methoxy groups -OCH3 is 1. The zero-order valence-corrected chi connectivity index (χ0v) is 6.89. The van der Waals surface area contributed by atoms with Crippen LogP contribution < -0.4 is 0 Å². The first-order chi connectivity index (χ1) is 4.76. The molecule has 1 heteroatoms. The van der Waals surface area contributed by atoms with Gasteiger partial charge in [-0.25, -0.2) is 0 Å². The second kappa shape index (κ2) is 1.97. The first-order valence-electron chi connectivity index (χ1n) is 4.29. The van der Waals surface area contributed by atoms with E-state index in [0.717, 1.165) is 5.92 Å². The number of hydrogen-bond acceptors (Lipinski definition) is 1. The molecule has 0 bridgehead atoms. The summed E-state index contributed by atoms with van der Waals surface area (Å²) >= 11 is 0. The fourth-order valence-electron chi connectivity index (χ4n) is 2.50. The van der Waals surface area contributed by atoms with Crippen LogP contribution in [0.2, 0.25) is 0 Å². The van der Waals surface area contributed by atoms with Crippen molar-refractivity contribution in [3.05, 3.63) is 0 Å². The lowest BCUT2D eigenvalue weighted by Gasteiger charge is -2.24. The highest BCUT2D eigenvalue weighted by molar-refractivity contribution is 5.05. The van der Waals surface area contributed by atoms with E-state index >= 15 is 0 Å². The molecule has 58 valence electrons. The molecule has 2 fully saturated rings. The summed E-state index contributed by atoms with van der Waals surface area (Å²) in [7, 11) is 1.86. The van der Waals surface area contributed by atoms with Crippen molar-refractivity contribution < 1.29 is 4.74 Å². The zero-order chi connectivity index (χ0) is 7.19. The monoisotopic (exact) mass is 140 g/mol. The Balaban J connectivity index is 2.02. The van der Waals surface area contributed by atoms with Crippen LogP contribution in [-0.2, 0) is 4.74 Å². The normalized spacial score (nSPS) is 52.2. The van der Waals surface area contributed by atoms with Gasteiger partial charge in [0.05, 0.1) is 6.10 Å². The van der Waals surface area contributed by atoms with Gasteiger partial charge in [0.15, 0.2) is 0 Å². The molecule has 0 spiro atoms. The Morgan fingerprint density at radius 3 is 2.90 bits per heavy atom. The maximum atomic E-state index is 5.41. The van der Waals surface area contributed by atoms with Gasteiger partial charge in [-0.3, -0.25) is 0 Å². The maximum Gasteiger partial charge on any atom is 0.0604 e. The summed E-state index contributed by atoms with van der Waals surface area (Å²) in [6.45, 7) is 2.41. The maximum absolute atomic E-state index is 5.41. The zero-order valence-electron chi connectivity index (χ0n) is 6.89. The summed E-state index contributed by atoms with van der Waals surface area (Å²) in [5.41, 5.74) is 0.693. The summed E-state index contributed by atoms with van der Waals surface area (Å²) in [4.78, 5) is 0. The summed E-state index contributed by atoms with van der Waals surface area (Å²) in [6.07, 6.45) is 6.14. The van der Waals surface area contributed by atoms with E-state index in [4.69, 9.17) is 4.74 Å². The van der Waals surface area contributed by atoms with E-state index in [1.54, 1.807) is 0 Å². The van der Waals surface area contributed by atoms with Gasteiger partial charge in [-0.15, -0.1) is 0 Å². The van der Waals surface area contributed by atoms with Gasteiger partial charge < -0.3 is 4.74 Å². The Labute approximate surface area is 62.8 Å². The second-order valence-corrected chi connectivity index (χ2v) is 4.13. The van der Waals surface area contributed by atoms with Gasteiger partial charge in [-0.05, 0) is 30.6 Å². The summed E-state index contributed by atoms with van der Waals surface area (Å²) in [5.74, 6) is 0.909. The first kappa shape index (κ1) is 6.66. The Bertz CT molecular complexity index is 142. The molecule has 2 aliphatic carbocycles. The van der Waals surface area contributed by atoms with Gasteiger partial charge in [0.25, 0.3) is 0 Å². The molecule has 0 aliphatic heterocycles. The molecule has 2 saturated carbocycles. The molecule has 0 saturated heterocycles. The lowest BCUT2D eigenvalue weighted by molar-refractivity contribution is 0.0466. The molecular weight excluding hydrogens is 124 g/mol. The molecule has 0 aromatic rings. The van der Waals surface area contributed by atoms with Crippen molar-refractivity contribution in [3.63, 3.8) is 0 Å². The van der Waals surface area contributed by atoms with Gasteiger partial charge >= 0.3 is 0 Å². The fraction of sp³-hybridized carbons (Fsp3) is 1.00. The van der Waals surface area contributed by atoms with Crippen LogP contribution in [0.1, 0.15) is 32.6 Å². The van der Waals surface area contributed by atoms with Gasteiger partial charge in [0.1, 0.15) is 0 Å². The molecule has 10 heavy (non-hydrogen) atoms. The molecule has 3 atom stereocenters. The Morgan fingerprint density at radius 1 is 1.50 bits per heavy atom. The number of fused-ring (bicyclic) bond motifs is 1. The van der Waals surface area contributed by atoms with E-state index in [9.17, 15) is 0 Å². The van der Waals surface area contributed by atoms with Gasteiger partial charge in [-0.1, -0.05) is 13.3 Å².